The van der Waals surface area contributed by atoms with E-state index >= 15 is 0 Å². The van der Waals surface area contributed by atoms with E-state index in [1.165, 1.54) is 33.7 Å². The summed E-state index contributed by atoms with van der Waals surface area (Å²) in [5.74, 6) is -0.538. The summed E-state index contributed by atoms with van der Waals surface area (Å²) >= 11 is 0. The van der Waals surface area contributed by atoms with Crippen LogP contribution >= 0.6 is 0 Å². The Bertz CT molecular complexity index is 1000. The van der Waals surface area contributed by atoms with Gasteiger partial charge in [0, 0.05) is 29.7 Å². The number of aryl methyl sites for hydroxylation is 1. The summed E-state index contributed by atoms with van der Waals surface area (Å²) in [6.45, 7) is 12.9. The van der Waals surface area contributed by atoms with E-state index in [0.29, 0.717) is 5.70 Å². The normalized spacial score (nSPS) is 10.2. The first-order chi connectivity index (χ1) is 15.4. The van der Waals surface area contributed by atoms with Crippen molar-refractivity contribution in [3.63, 3.8) is 0 Å². The lowest BCUT2D eigenvalue weighted by Gasteiger charge is -2.07. The number of rotatable bonds is 7. The van der Waals surface area contributed by atoms with Crippen molar-refractivity contribution in [3.8, 4) is 0 Å². The van der Waals surface area contributed by atoms with Gasteiger partial charge in [-0.05, 0) is 66.9 Å². The van der Waals surface area contributed by atoms with Gasteiger partial charge in [-0.1, -0.05) is 56.8 Å². The second kappa shape index (κ2) is 14.6. The summed E-state index contributed by atoms with van der Waals surface area (Å²) in [4.78, 5) is 14.3. The topological polar surface area (TPSA) is 103 Å². The molecule has 0 spiro atoms. The van der Waals surface area contributed by atoms with Crippen molar-refractivity contribution < 1.29 is 10.0 Å². The molecule has 0 atom stereocenters. The lowest BCUT2D eigenvalue weighted by atomic mass is 10.0. The van der Waals surface area contributed by atoms with Crippen LogP contribution in [0.1, 0.15) is 43.0 Å². The van der Waals surface area contributed by atoms with Gasteiger partial charge in [0.25, 0.3) is 5.91 Å². The monoisotopic (exact) mass is 436 g/mol. The highest BCUT2D eigenvalue weighted by Gasteiger charge is 2.05. The van der Waals surface area contributed by atoms with Crippen LogP contribution in [0, 0.1) is 6.92 Å². The van der Waals surface area contributed by atoms with Gasteiger partial charge in [-0.15, -0.1) is 0 Å². The third-order valence-electron chi connectivity index (χ3n) is 4.41. The predicted octanol–water partition coefficient (Wildman–Crippen LogP) is 4.83. The Kier molecular flexibility index (Phi) is 12.2. The van der Waals surface area contributed by atoms with Gasteiger partial charge in [0.1, 0.15) is 0 Å². The van der Waals surface area contributed by atoms with Crippen molar-refractivity contribution in [2.24, 2.45) is 5.73 Å². The van der Waals surface area contributed by atoms with Crippen LogP contribution in [0.4, 0.5) is 0 Å². The fraction of sp³-hybridized carbons (Fsp3) is 0.269. The second-order valence-corrected chi connectivity index (χ2v) is 7.14. The molecule has 0 aliphatic rings. The van der Waals surface area contributed by atoms with E-state index in [1.54, 1.807) is 18.5 Å². The second-order valence-electron chi connectivity index (χ2n) is 7.14. The molecule has 6 nitrogen and oxygen atoms in total. The molecule has 0 aliphatic heterocycles. The average molecular weight is 437 g/mol. The number of H-pyrrole nitrogens is 1. The minimum Gasteiger partial charge on any atom is -0.403 e. The number of aromatic nitrogens is 1. The van der Waals surface area contributed by atoms with Crippen LogP contribution in [0.5, 0.6) is 0 Å². The molecule has 2 aromatic carbocycles. The number of amides is 1. The van der Waals surface area contributed by atoms with Crippen LogP contribution in [0.3, 0.4) is 0 Å². The van der Waals surface area contributed by atoms with Gasteiger partial charge in [0.05, 0.1) is 0 Å². The van der Waals surface area contributed by atoms with Crippen LogP contribution in [0.2, 0.25) is 0 Å². The highest BCUT2D eigenvalue weighted by Crippen LogP contribution is 2.22. The summed E-state index contributed by atoms with van der Waals surface area (Å²) < 4.78 is 0. The third kappa shape index (κ3) is 9.20. The van der Waals surface area contributed by atoms with Gasteiger partial charge in [0.2, 0.25) is 0 Å². The molecular weight excluding hydrogens is 400 g/mol. The number of fused-ring (bicyclic) bond motifs is 1. The van der Waals surface area contributed by atoms with Crippen molar-refractivity contribution >= 4 is 22.9 Å². The Labute approximate surface area is 191 Å². The van der Waals surface area contributed by atoms with Gasteiger partial charge in [-0.25, -0.2) is 5.48 Å². The molecular formula is C26H36N4O2. The number of hydroxylamine groups is 1. The van der Waals surface area contributed by atoms with Crippen LogP contribution in [-0.2, 0) is 17.8 Å². The molecule has 1 aromatic heterocycles. The zero-order valence-electron chi connectivity index (χ0n) is 19.5. The number of carbonyl (C=O) groups excluding carboxylic acids is 1. The number of aromatic amines is 1. The molecule has 6 heteroatoms. The van der Waals surface area contributed by atoms with E-state index in [9.17, 15) is 4.79 Å². The predicted molar refractivity (Wildman–Crippen MR) is 134 cm³/mol. The maximum Gasteiger partial charge on any atom is 0.267 e. The zero-order chi connectivity index (χ0) is 23.9. The van der Waals surface area contributed by atoms with E-state index in [1.807, 2.05) is 38.1 Å². The molecule has 6 N–H and O–H groups in total. The molecule has 0 saturated carbocycles. The first kappa shape index (κ1) is 26.7. The minimum absolute atomic E-state index is 0.538. The Morgan fingerprint density at radius 2 is 1.84 bits per heavy atom. The van der Waals surface area contributed by atoms with Crippen LogP contribution in [-0.4, -0.2) is 22.6 Å². The van der Waals surface area contributed by atoms with Crippen LogP contribution in [0.15, 0.2) is 67.0 Å². The maximum atomic E-state index is 11.0. The fourth-order valence-electron chi connectivity index (χ4n) is 3.06. The van der Waals surface area contributed by atoms with Gasteiger partial charge < -0.3 is 16.0 Å². The zero-order valence-corrected chi connectivity index (χ0v) is 19.5. The molecule has 0 fully saturated rings. The molecule has 0 bridgehead atoms. The standard InChI is InChI=1S/C21H23N3O2.C3H7N.C2H6/c1-15-13-23-19-4-2-3-18(21(15)19)11-12-22-14-17-7-5-16(6-8-17)9-10-20(25)24-26;1-3(2)4;1-2/h2-10,13,22-23,26H,11-12,14H2,1H3,(H,24,25);1,4H2,2H3;1-2H3/b10-9+;;. The smallest absolute Gasteiger partial charge is 0.267 e. The molecule has 3 rings (SSSR count). The molecule has 0 aliphatic carbocycles. The number of benzene rings is 2. The number of hydrogen-bond donors (Lipinski definition) is 5. The van der Waals surface area contributed by atoms with Crippen molar-refractivity contribution in [2.75, 3.05) is 6.54 Å². The summed E-state index contributed by atoms with van der Waals surface area (Å²) in [6, 6.07) is 14.3. The van der Waals surface area contributed by atoms with Crippen molar-refractivity contribution in [1.29, 1.82) is 0 Å². The van der Waals surface area contributed by atoms with E-state index in [0.717, 1.165) is 25.1 Å². The highest BCUT2D eigenvalue weighted by atomic mass is 16.5. The fourth-order valence-corrected chi connectivity index (χ4v) is 3.06. The molecule has 172 valence electrons. The highest BCUT2D eigenvalue weighted by molar-refractivity contribution is 5.90. The lowest BCUT2D eigenvalue weighted by Crippen LogP contribution is -2.16. The molecule has 32 heavy (non-hydrogen) atoms. The molecule has 1 amide bonds. The molecule has 0 radical (unpaired) electrons. The SMILES string of the molecule is C=C(C)N.CC.Cc1c[nH]c2cccc(CCNCc3ccc(/C=C/C(=O)NO)cc3)c12. The van der Waals surface area contributed by atoms with Crippen molar-refractivity contribution in [1.82, 2.24) is 15.8 Å². The number of allylic oxidation sites excluding steroid dienone is 1. The number of carbonyl (C=O) groups is 1. The lowest BCUT2D eigenvalue weighted by molar-refractivity contribution is -0.124. The van der Waals surface area contributed by atoms with Gasteiger partial charge >= 0.3 is 0 Å². The Morgan fingerprint density at radius 3 is 2.47 bits per heavy atom. The number of nitrogens with two attached hydrogens (primary N) is 1. The van der Waals surface area contributed by atoms with Crippen molar-refractivity contribution in [2.45, 2.75) is 40.7 Å². The molecule has 0 saturated heterocycles. The van der Waals surface area contributed by atoms with E-state index in [-0.39, 0.29) is 0 Å². The van der Waals surface area contributed by atoms with Crippen molar-refractivity contribution in [3.05, 3.63) is 89.3 Å². The Morgan fingerprint density at radius 1 is 1.19 bits per heavy atom. The molecule has 0 unspecified atom stereocenters. The average Bonchev–Trinajstić information content (AvgIpc) is 3.18. The Balaban J connectivity index is 0.000000769. The number of nitrogens with one attached hydrogen (secondary N) is 3. The first-order valence-electron chi connectivity index (χ1n) is 10.8. The first-order valence-corrected chi connectivity index (χ1v) is 10.8. The third-order valence-corrected chi connectivity index (χ3v) is 4.41. The van der Waals surface area contributed by atoms with E-state index in [4.69, 9.17) is 10.9 Å². The van der Waals surface area contributed by atoms with Crippen LogP contribution < -0.4 is 16.5 Å². The minimum atomic E-state index is -0.538. The summed E-state index contributed by atoms with van der Waals surface area (Å²) in [6.07, 6.45) is 5.98. The van der Waals surface area contributed by atoms with Gasteiger partial charge in [-0.2, -0.15) is 0 Å². The molecule has 3 aromatic rings. The summed E-state index contributed by atoms with van der Waals surface area (Å²) in [7, 11) is 0. The van der Waals surface area contributed by atoms with E-state index in [2.05, 4.69) is 48.2 Å². The van der Waals surface area contributed by atoms with E-state index < -0.39 is 5.91 Å². The van der Waals surface area contributed by atoms with Crippen LogP contribution in [0.25, 0.3) is 17.0 Å². The summed E-state index contributed by atoms with van der Waals surface area (Å²) in [5, 5.41) is 13.3. The summed E-state index contributed by atoms with van der Waals surface area (Å²) in [5.41, 5.74) is 13.1. The maximum absolute atomic E-state index is 11.0. The molecule has 1 heterocycles. The van der Waals surface area contributed by atoms with Gasteiger partial charge in [0.15, 0.2) is 0 Å². The largest absolute Gasteiger partial charge is 0.403 e. The number of hydrogen-bond acceptors (Lipinski definition) is 4. The Hall–Kier alpha value is -3.35. The van der Waals surface area contributed by atoms with Gasteiger partial charge in [-0.3, -0.25) is 10.0 Å². The quantitative estimate of drug-likeness (QED) is 0.158.